The van der Waals surface area contributed by atoms with Crippen molar-refractivity contribution in [2.45, 2.75) is 20.0 Å². The van der Waals surface area contributed by atoms with Crippen LogP contribution in [0.4, 0.5) is 8.78 Å². The van der Waals surface area contributed by atoms with Crippen LogP contribution >= 0.6 is 0 Å². The highest BCUT2D eigenvalue weighted by molar-refractivity contribution is 5.94. The van der Waals surface area contributed by atoms with Crippen LogP contribution in [0.5, 0.6) is 0 Å². The van der Waals surface area contributed by atoms with Gasteiger partial charge in [0.2, 0.25) is 0 Å². The molecule has 0 radical (unpaired) electrons. The number of amides is 1. The number of morpholine rings is 1. The molecule has 1 saturated heterocycles. The van der Waals surface area contributed by atoms with Crippen LogP contribution in [0.1, 0.15) is 24.2 Å². The van der Waals surface area contributed by atoms with Gasteiger partial charge in [0.1, 0.15) is 17.2 Å². The Morgan fingerprint density at radius 3 is 2.73 bits per heavy atom. The molecule has 2 rings (SSSR count). The number of rotatable bonds is 5. The lowest BCUT2D eigenvalue weighted by Crippen LogP contribution is -2.48. The van der Waals surface area contributed by atoms with E-state index in [1.54, 1.807) is 0 Å². The smallest absolute Gasteiger partial charge is 0.257 e. The number of nitrogens with one attached hydrogen (secondary N) is 1. The molecule has 6 heteroatoms. The van der Waals surface area contributed by atoms with Gasteiger partial charge in [-0.15, -0.1) is 0 Å². The Hall–Kier alpha value is -1.53. The minimum atomic E-state index is -0.858. The van der Waals surface area contributed by atoms with Crippen molar-refractivity contribution in [3.8, 4) is 0 Å². The predicted molar refractivity (Wildman–Crippen MR) is 79.7 cm³/mol. The highest BCUT2D eigenvalue weighted by Gasteiger charge is 2.23. The Balaban J connectivity index is 1.88. The fourth-order valence-electron chi connectivity index (χ4n) is 2.60. The summed E-state index contributed by atoms with van der Waals surface area (Å²) >= 11 is 0. The van der Waals surface area contributed by atoms with E-state index in [1.807, 2.05) is 0 Å². The number of nitrogens with zero attached hydrogens (tertiary/aromatic N) is 1. The fourth-order valence-corrected chi connectivity index (χ4v) is 2.60. The summed E-state index contributed by atoms with van der Waals surface area (Å²) in [5, 5.41) is 2.55. The maximum Gasteiger partial charge on any atom is 0.257 e. The van der Waals surface area contributed by atoms with Crippen LogP contribution in [-0.4, -0.2) is 49.7 Å². The Bertz CT molecular complexity index is 503. The molecule has 1 aromatic carbocycles. The zero-order valence-corrected chi connectivity index (χ0v) is 12.9. The molecule has 0 bridgehead atoms. The average Bonchev–Trinajstić information content (AvgIpc) is 2.44. The van der Waals surface area contributed by atoms with Gasteiger partial charge < -0.3 is 10.1 Å². The SMILES string of the molecule is CC(C)CN1CCO[C@@H](CNC(=O)c2c(F)cccc2F)C1. The van der Waals surface area contributed by atoms with Crippen LogP contribution in [0.25, 0.3) is 0 Å². The molecule has 1 aliphatic rings. The third-order valence-electron chi connectivity index (χ3n) is 3.53. The minimum absolute atomic E-state index is 0.161. The third-order valence-corrected chi connectivity index (χ3v) is 3.53. The molecule has 1 aliphatic heterocycles. The predicted octanol–water partition coefficient (Wildman–Crippen LogP) is 2.05. The monoisotopic (exact) mass is 312 g/mol. The Morgan fingerprint density at radius 1 is 1.41 bits per heavy atom. The van der Waals surface area contributed by atoms with Gasteiger partial charge in [-0.3, -0.25) is 9.69 Å². The summed E-state index contributed by atoms with van der Waals surface area (Å²) < 4.78 is 32.7. The lowest BCUT2D eigenvalue weighted by molar-refractivity contribution is -0.0296. The number of hydrogen-bond acceptors (Lipinski definition) is 3. The number of benzene rings is 1. The molecule has 1 N–H and O–H groups in total. The van der Waals surface area contributed by atoms with Gasteiger partial charge in [-0.05, 0) is 18.1 Å². The van der Waals surface area contributed by atoms with Gasteiger partial charge in [-0.2, -0.15) is 0 Å². The molecule has 1 atom stereocenters. The summed E-state index contributed by atoms with van der Waals surface area (Å²) in [6.07, 6.45) is -0.161. The molecule has 0 aromatic heterocycles. The summed E-state index contributed by atoms with van der Waals surface area (Å²) in [6, 6.07) is 3.37. The number of carbonyl (C=O) groups excluding carboxylic acids is 1. The zero-order chi connectivity index (χ0) is 16.1. The molecule has 22 heavy (non-hydrogen) atoms. The van der Waals surface area contributed by atoms with E-state index in [0.29, 0.717) is 19.1 Å². The van der Waals surface area contributed by atoms with Crippen LogP contribution in [0, 0.1) is 17.6 Å². The van der Waals surface area contributed by atoms with Gasteiger partial charge in [-0.25, -0.2) is 8.78 Å². The topological polar surface area (TPSA) is 41.6 Å². The number of halogens is 2. The lowest BCUT2D eigenvalue weighted by Gasteiger charge is -2.33. The average molecular weight is 312 g/mol. The second-order valence-electron chi connectivity index (χ2n) is 5.95. The Morgan fingerprint density at radius 2 is 2.09 bits per heavy atom. The largest absolute Gasteiger partial charge is 0.374 e. The molecule has 0 saturated carbocycles. The molecule has 1 aromatic rings. The molecule has 1 heterocycles. The third kappa shape index (κ3) is 4.48. The molecule has 1 amide bonds. The van der Waals surface area contributed by atoms with Crippen molar-refractivity contribution >= 4 is 5.91 Å². The van der Waals surface area contributed by atoms with E-state index < -0.39 is 23.1 Å². The first-order valence-electron chi connectivity index (χ1n) is 7.53. The molecule has 122 valence electrons. The van der Waals surface area contributed by atoms with E-state index in [1.165, 1.54) is 6.07 Å². The van der Waals surface area contributed by atoms with Gasteiger partial charge in [0, 0.05) is 26.2 Å². The quantitative estimate of drug-likeness (QED) is 0.905. The minimum Gasteiger partial charge on any atom is -0.374 e. The Labute approximate surface area is 129 Å². The highest BCUT2D eigenvalue weighted by atomic mass is 19.1. The maximum absolute atomic E-state index is 13.5. The van der Waals surface area contributed by atoms with Crippen molar-refractivity contribution in [1.82, 2.24) is 10.2 Å². The highest BCUT2D eigenvalue weighted by Crippen LogP contribution is 2.12. The molecule has 4 nitrogen and oxygen atoms in total. The first kappa shape index (κ1) is 16.8. The molecule has 1 fully saturated rings. The maximum atomic E-state index is 13.5. The van der Waals surface area contributed by atoms with E-state index in [2.05, 4.69) is 24.1 Å². The fraction of sp³-hybridized carbons (Fsp3) is 0.562. The second kappa shape index (κ2) is 7.65. The van der Waals surface area contributed by atoms with Gasteiger partial charge in [0.05, 0.1) is 12.7 Å². The number of hydrogen-bond donors (Lipinski definition) is 1. The summed E-state index contributed by atoms with van der Waals surface area (Å²) in [4.78, 5) is 14.2. The van der Waals surface area contributed by atoms with Crippen molar-refractivity contribution in [3.63, 3.8) is 0 Å². The zero-order valence-electron chi connectivity index (χ0n) is 12.9. The van der Waals surface area contributed by atoms with E-state index in [0.717, 1.165) is 25.2 Å². The molecule has 0 unspecified atom stereocenters. The van der Waals surface area contributed by atoms with Gasteiger partial charge >= 0.3 is 0 Å². The molecular formula is C16H22F2N2O2. The van der Waals surface area contributed by atoms with Gasteiger partial charge in [0.25, 0.3) is 5.91 Å². The standard InChI is InChI=1S/C16H22F2N2O2/c1-11(2)9-20-6-7-22-12(10-20)8-19-16(21)15-13(17)4-3-5-14(15)18/h3-5,11-12H,6-10H2,1-2H3,(H,19,21)/t12-/m0/s1. The van der Waals surface area contributed by atoms with E-state index in [9.17, 15) is 13.6 Å². The first-order valence-corrected chi connectivity index (χ1v) is 7.53. The van der Waals surface area contributed by atoms with Crippen molar-refractivity contribution in [2.75, 3.05) is 32.8 Å². The molecule has 0 spiro atoms. The summed E-state index contributed by atoms with van der Waals surface area (Å²) in [5.74, 6) is -1.91. The lowest BCUT2D eigenvalue weighted by atomic mass is 10.1. The van der Waals surface area contributed by atoms with Gasteiger partial charge in [-0.1, -0.05) is 19.9 Å². The second-order valence-corrected chi connectivity index (χ2v) is 5.95. The van der Waals surface area contributed by atoms with Crippen molar-refractivity contribution < 1.29 is 18.3 Å². The summed E-state index contributed by atoms with van der Waals surface area (Å²) in [5.41, 5.74) is -0.544. The molecular weight excluding hydrogens is 290 g/mol. The Kier molecular flexibility index (Phi) is 5.85. The van der Waals surface area contributed by atoms with Crippen LogP contribution in [0.3, 0.4) is 0 Å². The molecule has 0 aliphatic carbocycles. The first-order chi connectivity index (χ1) is 10.5. The van der Waals surface area contributed by atoms with Gasteiger partial charge in [0.15, 0.2) is 0 Å². The summed E-state index contributed by atoms with van der Waals surface area (Å²) in [7, 11) is 0. The number of carbonyl (C=O) groups is 1. The summed E-state index contributed by atoms with van der Waals surface area (Å²) in [6.45, 7) is 7.67. The van der Waals surface area contributed by atoms with E-state index >= 15 is 0 Å². The van der Waals surface area contributed by atoms with E-state index in [-0.39, 0.29) is 12.6 Å². The number of ether oxygens (including phenoxy) is 1. The van der Waals surface area contributed by atoms with Crippen molar-refractivity contribution in [1.29, 1.82) is 0 Å². The normalized spacial score (nSPS) is 19.4. The van der Waals surface area contributed by atoms with Crippen LogP contribution in [0.15, 0.2) is 18.2 Å². The van der Waals surface area contributed by atoms with Crippen LogP contribution in [-0.2, 0) is 4.74 Å². The van der Waals surface area contributed by atoms with Crippen molar-refractivity contribution in [3.05, 3.63) is 35.4 Å². The van der Waals surface area contributed by atoms with Crippen molar-refractivity contribution in [2.24, 2.45) is 5.92 Å². The van der Waals surface area contributed by atoms with Crippen LogP contribution < -0.4 is 5.32 Å². The van der Waals surface area contributed by atoms with E-state index in [4.69, 9.17) is 4.74 Å². The van der Waals surface area contributed by atoms with Crippen LogP contribution in [0.2, 0.25) is 0 Å².